The summed E-state index contributed by atoms with van der Waals surface area (Å²) in [4.78, 5) is 9.54. The number of hydrogen-bond acceptors (Lipinski definition) is 7. The molecule has 0 amide bonds. The highest BCUT2D eigenvalue weighted by Crippen LogP contribution is 2.34. The average molecular weight is 869 g/mol. The van der Waals surface area contributed by atoms with E-state index in [0.717, 1.165) is 37.9 Å². The fraction of sp³-hybridized carbons (Fsp3) is 0.643. The van der Waals surface area contributed by atoms with Gasteiger partial charge in [-0.25, -0.2) is 0 Å². The van der Waals surface area contributed by atoms with Crippen LogP contribution in [0.5, 0.6) is 28.7 Å². The van der Waals surface area contributed by atoms with Crippen LogP contribution in [0.3, 0.4) is 0 Å². The summed E-state index contributed by atoms with van der Waals surface area (Å²) in [5, 5.41) is 21.8. The second kappa shape index (κ2) is 36.4. The van der Waals surface area contributed by atoms with Crippen molar-refractivity contribution in [1.82, 2.24) is 0 Å². The van der Waals surface area contributed by atoms with E-state index in [1.807, 2.05) is 42.5 Å². The topological polar surface area (TPSA) is 92.9 Å². The normalized spacial score (nSPS) is 11.6. The molecule has 3 rings (SSSR count). The molecule has 0 spiro atoms. The molecule has 0 aliphatic carbocycles. The smallest absolute Gasteiger partial charge is 0.128 e. The lowest BCUT2D eigenvalue weighted by molar-refractivity contribution is 0.302. The largest absolute Gasteiger partial charge is 0.507 e. The Kier molecular flexibility index (Phi) is 30.8. The highest BCUT2D eigenvalue weighted by molar-refractivity contribution is 5.90. The number of hydrogen-bond donors (Lipinski definition) is 2. The minimum Gasteiger partial charge on any atom is -0.507 e. The number of aliphatic imine (C=N–C) groups is 2. The standard InChI is InChI=1S/C56H88N2O5/c1-4-7-10-13-16-19-22-25-28-31-40-61-50-38-39-53(57-46-48-34-36-51(44-55(48)59)62-41-32-29-26-23-20-17-14-11-8-5-2)54(43-50)58-47-49-35-37-52(45-56(49)60)63-42-33-30-27-24-21-18-15-12-9-6-3/h34-39,43-47,59-60H,4-33,40-42H2,1-3H3. The number of aromatic hydroxyl groups is 2. The van der Waals surface area contributed by atoms with Crippen LogP contribution in [0, 0.1) is 0 Å². The van der Waals surface area contributed by atoms with E-state index >= 15 is 0 Å². The Morgan fingerprint density at radius 2 is 0.635 bits per heavy atom. The Labute approximate surface area is 384 Å². The molecule has 0 aliphatic rings. The van der Waals surface area contributed by atoms with Gasteiger partial charge in [0.25, 0.3) is 0 Å². The summed E-state index contributed by atoms with van der Waals surface area (Å²) in [5.74, 6) is 2.26. The second-order valence-electron chi connectivity index (χ2n) is 17.7. The molecule has 0 saturated heterocycles. The molecule has 0 aromatic heterocycles. The summed E-state index contributed by atoms with van der Waals surface area (Å²) < 4.78 is 18.1. The first kappa shape index (κ1) is 53.3. The molecule has 352 valence electrons. The summed E-state index contributed by atoms with van der Waals surface area (Å²) in [6, 6.07) is 16.5. The van der Waals surface area contributed by atoms with Crippen LogP contribution < -0.4 is 14.2 Å². The third-order valence-corrected chi connectivity index (χ3v) is 11.9. The molecule has 63 heavy (non-hydrogen) atoms. The number of unbranched alkanes of at least 4 members (excludes halogenated alkanes) is 27. The van der Waals surface area contributed by atoms with Gasteiger partial charge in [-0.05, 0) is 55.7 Å². The minimum absolute atomic E-state index is 0.109. The van der Waals surface area contributed by atoms with Gasteiger partial charge < -0.3 is 24.4 Å². The first-order valence-electron chi connectivity index (χ1n) is 25.8. The molecule has 3 aromatic rings. The van der Waals surface area contributed by atoms with E-state index in [0.29, 0.717) is 53.8 Å². The molecule has 0 unspecified atom stereocenters. The zero-order valence-electron chi connectivity index (χ0n) is 40.2. The van der Waals surface area contributed by atoms with Crippen molar-refractivity contribution in [3.05, 3.63) is 65.7 Å². The highest BCUT2D eigenvalue weighted by atomic mass is 16.5. The van der Waals surface area contributed by atoms with Crippen LogP contribution in [0.15, 0.2) is 64.6 Å². The fourth-order valence-corrected chi connectivity index (χ4v) is 7.87. The van der Waals surface area contributed by atoms with Crippen LogP contribution in [-0.4, -0.2) is 42.5 Å². The number of rotatable bonds is 40. The van der Waals surface area contributed by atoms with E-state index < -0.39 is 0 Å². The Morgan fingerprint density at radius 3 is 0.968 bits per heavy atom. The molecular weight excluding hydrogens is 781 g/mol. The van der Waals surface area contributed by atoms with E-state index in [1.54, 1.807) is 24.6 Å². The van der Waals surface area contributed by atoms with Gasteiger partial charge in [-0.3, -0.25) is 9.98 Å². The third-order valence-electron chi connectivity index (χ3n) is 11.9. The molecule has 0 fully saturated rings. The van der Waals surface area contributed by atoms with E-state index in [-0.39, 0.29) is 11.5 Å². The number of phenolic OH excluding ortho intramolecular Hbond substituents is 2. The van der Waals surface area contributed by atoms with Crippen LogP contribution >= 0.6 is 0 Å². The quantitative estimate of drug-likeness (QED) is 0.0439. The molecule has 7 nitrogen and oxygen atoms in total. The first-order valence-corrected chi connectivity index (χ1v) is 25.8. The van der Waals surface area contributed by atoms with Gasteiger partial charge >= 0.3 is 0 Å². The zero-order chi connectivity index (χ0) is 44.8. The van der Waals surface area contributed by atoms with Crippen molar-refractivity contribution < 1.29 is 24.4 Å². The summed E-state index contributed by atoms with van der Waals surface area (Å²) in [6.45, 7) is 8.72. The van der Waals surface area contributed by atoms with E-state index in [9.17, 15) is 10.2 Å². The predicted octanol–water partition coefficient (Wildman–Crippen LogP) is 17.5. The van der Waals surface area contributed by atoms with Crippen LogP contribution in [0.1, 0.15) is 225 Å². The van der Waals surface area contributed by atoms with Crippen LogP contribution in [0.25, 0.3) is 0 Å². The maximum absolute atomic E-state index is 10.9. The molecule has 3 aromatic carbocycles. The molecule has 0 atom stereocenters. The summed E-state index contributed by atoms with van der Waals surface area (Å²) >= 11 is 0. The summed E-state index contributed by atoms with van der Waals surface area (Å²) in [6.07, 6.45) is 41.7. The van der Waals surface area contributed by atoms with Crippen LogP contribution in [-0.2, 0) is 0 Å². The van der Waals surface area contributed by atoms with Crippen molar-refractivity contribution in [2.75, 3.05) is 19.8 Å². The number of benzene rings is 3. The molecule has 0 bridgehead atoms. The highest BCUT2D eigenvalue weighted by Gasteiger charge is 2.08. The molecule has 2 N–H and O–H groups in total. The fourth-order valence-electron chi connectivity index (χ4n) is 7.87. The second-order valence-corrected chi connectivity index (χ2v) is 17.7. The van der Waals surface area contributed by atoms with Crippen molar-refractivity contribution in [2.24, 2.45) is 9.98 Å². The lowest BCUT2D eigenvalue weighted by Gasteiger charge is -2.10. The van der Waals surface area contributed by atoms with Crippen molar-refractivity contribution in [2.45, 2.75) is 213 Å². The zero-order valence-corrected chi connectivity index (χ0v) is 40.2. The van der Waals surface area contributed by atoms with Crippen LogP contribution in [0.2, 0.25) is 0 Å². The third kappa shape index (κ3) is 25.8. The molecular formula is C56H88N2O5. The maximum atomic E-state index is 10.9. The van der Waals surface area contributed by atoms with Crippen LogP contribution in [0.4, 0.5) is 11.4 Å². The maximum Gasteiger partial charge on any atom is 0.128 e. The van der Waals surface area contributed by atoms with Gasteiger partial charge in [0.2, 0.25) is 0 Å². The van der Waals surface area contributed by atoms with Gasteiger partial charge in [0, 0.05) is 41.8 Å². The van der Waals surface area contributed by atoms with Gasteiger partial charge in [0.1, 0.15) is 28.7 Å². The predicted molar refractivity (Wildman–Crippen MR) is 269 cm³/mol. The lowest BCUT2D eigenvalue weighted by atomic mass is 10.1. The molecule has 0 heterocycles. The number of nitrogens with zero attached hydrogens (tertiary/aromatic N) is 2. The summed E-state index contributed by atoms with van der Waals surface area (Å²) in [5.41, 5.74) is 2.39. The van der Waals surface area contributed by atoms with E-state index in [2.05, 4.69) is 20.8 Å². The monoisotopic (exact) mass is 869 g/mol. The molecule has 0 saturated carbocycles. The Hall–Kier alpha value is -4.00. The number of phenols is 2. The first-order chi connectivity index (χ1) is 31.0. The van der Waals surface area contributed by atoms with E-state index in [4.69, 9.17) is 24.2 Å². The van der Waals surface area contributed by atoms with Crippen molar-refractivity contribution in [3.63, 3.8) is 0 Å². The SMILES string of the molecule is CCCCCCCCCCCCOc1ccc(C=Nc2ccc(OCCCCCCCCCCCC)cc2N=Cc2ccc(OCCCCCCCCCCCC)cc2O)c(O)c1. The summed E-state index contributed by atoms with van der Waals surface area (Å²) in [7, 11) is 0. The molecule has 0 aliphatic heterocycles. The lowest BCUT2D eigenvalue weighted by Crippen LogP contribution is -1.98. The Bertz CT molecular complexity index is 1640. The molecule has 0 radical (unpaired) electrons. The Balaban J connectivity index is 1.55. The van der Waals surface area contributed by atoms with Gasteiger partial charge in [-0.15, -0.1) is 0 Å². The average Bonchev–Trinajstić information content (AvgIpc) is 3.29. The Morgan fingerprint density at radius 1 is 0.349 bits per heavy atom. The van der Waals surface area contributed by atoms with E-state index in [1.165, 1.54) is 161 Å². The van der Waals surface area contributed by atoms with Crippen molar-refractivity contribution in [1.29, 1.82) is 0 Å². The minimum atomic E-state index is 0.109. The van der Waals surface area contributed by atoms with Gasteiger partial charge in [-0.2, -0.15) is 0 Å². The van der Waals surface area contributed by atoms with Gasteiger partial charge in [0.05, 0.1) is 31.2 Å². The number of ether oxygens (including phenoxy) is 3. The van der Waals surface area contributed by atoms with Crippen molar-refractivity contribution >= 4 is 23.8 Å². The molecule has 7 heteroatoms. The van der Waals surface area contributed by atoms with Crippen molar-refractivity contribution in [3.8, 4) is 28.7 Å². The van der Waals surface area contributed by atoms with Gasteiger partial charge in [-0.1, -0.05) is 194 Å². The van der Waals surface area contributed by atoms with Gasteiger partial charge in [0.15, 0.2) is 0 Å².